The average molecular weight is 291 g/mol. The van der Waals surface area contributed by atoms with Crippen molar-refractivity contribution in [2.24, 2.45) is 5.41 Å². The first-order valence-corrected chi connectivity index (χ1v) is 8.00. The lowest BCUT2D eigenvalue weighted by Gasteiger charge is -2.29. The maximum absolute atomic E-state index is 12.3. The molecule has 1 rings (SSSR count). The summed E-state index contributed by atoms with van der Waals surface area (Å²) in [6.07, 6.45) is 0. The molecule has 110 valence electrons. The molecule has 0 spiro atoms. The molecule has 0 aliphatic heterocycles. The molecule has 2 atom stereocenters. The Kier molecular flexibility index (Phi) is 5.56. The van der Waals surface area contributed by atoms with Crippen LogP contribution in [-0.4, -0.2) is 15.0 Å². The number of rotatable bonds is 2. The summed E-state index contributed by atoms with van der Waals surface area (Å²) in [4.78, 5) is 0. The van der Waals surface area contributed by atoms with Gasteiger partial charge in [-0.2, -0.15) is 0 Å². The van der Waals surface area contributed by atoms with Gasteiger partial charge in [-0.3, -0.25) is 0 Å². The third kappa shape index (κ3) is 5.48. The first-order valence-electron chi connectivity index (χ1n) is 6.85. The van der Waals surface area contributed by atoms with Crippen LogP contribution in [0.4, 0.5) is 0 Å². The highest BCUT2D eigenvalue weighted by Gasteiger charge is 2.28. The zero-order valence-electron chi connectivity index (χ0n) is 13.3. The van der Waals surface area contributed by atoms with Crippen molar-refractivity contribution in [2.45, 2.75) is 52.3 Å². The molecule has 0 aromatic heterocycles. The molecule has 0 saturated heterocycles. The van der Waals surface area contributed by atoms with Crippen molar-refractivity contribution >= 4 is 11.0 Å². The lowest BCUT2D eigenvalue weighted by molar-refractivity contribution is 0.355. The Balaban J connectivity index is 2.93. The van der Waals surface area contributed by atoms with E-state index in [1.165, 1.54) is 0 Å². The molecule has 20 heavy (non-hydrogen) atoms. The Hall–Kier alpha value is -1.11. The highest BCUT2D eigenvalue weighted by Crippen LogP contribution is 2.21. The molecular weight excluding hydrogens is 266 g/mol. The van der Waals surface area contributed by atoms with E-state index in [1.807, 2.05) is 51.1 Å². The SMILES string of the molecule is CC(C)(C)[C@H](C#Cc1ccccc1)N[S@](=O)C(C)(C)C. The Bertz CT molecular complexity index is 512. The van der Waals surface area contributed by atoms with E-state index in [2.05, 4.69) is 37.3 Å². The molecule has 0 saturated carbocycles. The highest BCUT2D eigenvalue weighted by atomic mass is 32.2. The lowest BCUT2D eigenvalue weighted by Crippen LogP contribution is -2.45. The highest BCUT2D eigenvalue weighted by molar-refractivity contribution is 7.84. The largest absolute Gasteiger partial charge is 0.242 e. The predicted molar refractivity (Wildman–Crippen MR) is 87.6 cm³/mol. The summed E-state index contributed by atoms with van der Waals surface area (Å²) in [7, 11) is -1.12. The molecule has 3 heteroatoms. The van der Waals surface area contributed by atoms with Gasteiger partial charge >= 0.3 is 0 Å². The second-order valence-corrected chi connectivity index (χ2v) is 8.93. The maximum Gasteiger partial charge on any atom is 0.0981 e. The standard InChI is InChI=1S/C17H25NOS/c1-16(2,3)15(18-20(19)17(4,5)6)13-12-14-10-8-7-9-11-14/h7-11,15,18H,1-6H3/t15-,20+/m0/s1. The Morgan fingerprint density at radius 2 is 1.60 bits per heavy atom. The van der Waals surface area contributed by atoms with Crippen LogP contribution in [0.15, 0.2) is 30.3 Å². The second kappa shape index (κ2) is 6.56. The monoisotopic (exact) mass is 291 g/mol. The normalized spacial score (nSPS) is 15.1. The number of hydrogen-bond donors (Lipinski definition) is 1. The van der Waals surface area contributed by atoms with Crippen LogP contribution in [0.25, 0.3) is 0 Å². The predicted octanol–water partition coefficient (Wildman–Crippen LogP) is 3.50. The van der Waals surface area contributed by atoms with E-state index in [4.69, 9.17) is 0 Å². The number of benzene rings is 1. The summed E-state index contributed by atoms with van der Waals surface area (Å²) in [6, 6.07) is 9.75. The fourth-order valence-electron chi connectivity index (χ4n) is 1.38. The summed E-state index contributed by atoms with van der Waals surface area (Å²) < 4.78 is 15.1. The van der Waals surface area contributed by atoms with E-state index < -0.39 is 11.0 Å². The summed E-state index contributed by atoms with van der Waals surface area (Å²) >= 11 is 0. The van der Waals surface area contributed by atoms with Gasteiger partial charge in [0.25, 0.3) is 0 Å². The smallest absolute Gasteiger partial charge is 0.0981 e. The van der Waals surface area contributed by atoms with Gasteiger partial charge in [0.05, 0.1) is 21.8 Å². The van der Waals surface area contributed by atoms with E-state index >= 15 is 0 Å². The molecule has 0 aliphatic rings. The summed E-state index contributed by atoms with van der Waals surface area (Å²) in [5.74, 6) is 6.39. The van der Waals surface area contributed by atoms with Crippen LogP contribution in [0, 0.1) is 17.3 Å². The van der Waals surface area contributed by atoms with Crippen molar-refractivity contribution in [1.82, 2.24) is 4.72 Å². The molecule has 0 unspecified atom stereocenters. The van der Waals surface area contributed by atoms with Gasteiger partial charge in [0.2, 0.25) is 0 Å². The van der Waals surface area contributed by atoms with Crippen molar-refractivity contribution in [3.63, 3.8) is 0 Å². The summed E-state index contributed by atoms with van der Waals surface area (Å²) in [6.45, 7) is 12.2. The fourth-order valence-corrected chi connectivity index (χ4v) is 2.36. The van der Waals surface area contributed by atoms with Crippen molar-refractivity contribution in [3.05, 3.63) is 35.9 Å². The van der Waals surface area contributed by atoms with Crippen LogP contribution in [0.3, 0.4) is 0 Å². The van der Waals surface area contributed by atoms with Gasteiger partial charge in [-0.25, -0.2) is 8.93 Å². The third-order valence-electron chi connectivity index (χ3n) is 2.78. The molecule has 0 aliphatic carbocycles. The van der Waals surface area contributed by atoms with Gasteiger partial charge in [0.15, 0.2) is 0 Å². The molecule has 1 aromatic rings. The minimum absolute atomic E-state index is 0.0807. The van der Waals surface area contributed by atoms with Crippen LogP contribution in [-0.2, 0) is 11.0 Å². The summed E-state index contributed by atoms with van der Waals surface area (Å²) in [5.41, 5.74) is 0.896. The van der Waals surface area contributed by atoms with Crippen LogP contribution >= 0.6 is 0 Å². The Morgan fingerprint density at radius 3 is 2.05 bits per heavy atom. The van der Waals surface area contributed by atoms with Crippen molar-refractivity contribution in [3.8, 4) is 11.8 Å². The molecule has 1 N–H and O–H groups in total. The molecular formula is C17H25NOS. The van der Waals surface area contributed by atoms with Gasteiger partial charge in [-0.15, -0.1) is 0 Å². The van der Waals surface area contributed by atoms with Gasteiger partial charge in [0, 0.05) is 5.56 Å². The van der Waals surface area contributed by atoms with Crippen molar-refractivity contribution in [1.29, 1.82) is 0 Å². The van der Waals surface area contributed by atoms with Gasteiger partial charge < -0.3 is 0 Å². The van der Waals surface area contributed by atoms with E-state index in [0.717, 1.165) is 5.56 Å². The first kappa shape index (κ1) is 16.9. The molecule has 0 radical (unpaired) electrons. The molecule has 0 bridgehead atoms. The van der Waals surface area contributed by atoms with Crippen LogP contribution in [0.1, 0.15) is 47.1 Å². The maximum atomic E-state index is 12.3. The van der Waals surface area contributed by atoms with E-state index in [0.29, 0.717) is 0 Å². The number of nitrogens with one attached hydrogen (secondary N) is 1. The van der Waals surface area contributed by atoms with Crippen LogP contribution < -0.4 is 4.72 Å². The Labute approximate surface area is 126 Å². The van der Waals surface area contributed by atoms with Gasteiger partial charge in [-0.1, -0.05) is 50.8 Å². The minimum atomic E-state index is -1.12. The van der Waals surface area contributed by atoms with E-state index in [9.17, 15) is 4.21 Å². The van der Waals surface area contributed by atoms with Crippen molar-refractivity contribution in [2.75, 3.05) is 0 Å². The van der Waals surface area contributed by atoms with Crippen molar-refractivity contribution < 1.29 is 4.21 Å². The molecule has 1 aromatic carbocycles. The van der Waals surface area contributed by atoms with Gasteiger partial charge in [0.1, 0.15) is 0 Å². The molecule has 0 heterocycles. The lowest BCUT2D eigenvalue weighted by atomic mass is 9.88. The Morgan fingerprint density at radius 1 is 1.05 bits per heavy atom. The first-order chi connectivity index (χ1) is 9.10. The van der Waals surface area contributed by atoms with Crippen LogP contribution in [0.5, 0.6) is 0 Å². The van der Waals surface area contributed by atoms with Crippen LogP contribution in [0.2, 0.25) is 0 Å². The zero-order valence-corrected chi connectivity index (χ0v) is 14.1. The molecule has 2 nitrogen and oxygen atoms in total. The summed E-state index contributed by atoms with van der Waals surface area (Å²) in [5, 5.41) is 0. The number of hydrogen-bond acceptors (Lipinski definition) is 1. The topological polar surface area (TPSA) is 29.1 Å². The minimum Gasteiger partial charge on any atom is -0.242 e. The quantitative estimate of drug-likeness (QED) is 0.830. The molecule has 0 amide bonds. The van der Waals surface area contributed by atoms with Gasteiger partial charge in [-0.05, 0) is 38.3 Å². The zero-order chi connectivity index (χ0) is 15.4. The van der Waals surface area contributed by atoms with E-state index in [1.54, 1.807) is 0 Å². The molecule has 0 fully saturated rings. The second-order valence-electron chi connectivity index (χ2n) is 6.93. The fraction of sp³-hybridized carbons (Fsp3) is 0.529. The third-order valence-corrected chi connectivity index (χ3v) is 4.34. The average Bonchev–Trinajstić information content (AvgIpc) is 2.32. The van der Waals surface area contributed by atoms with E-state index in [-0.39, 0.29) is 16.2 Å².